The maximum atomic E-state index is 11.5. The molecular weight excluding hydrogens is 192 g/mol. The van der Waals surface area contributed by atoms with Gasteiger partial charge in [0.1, 0.15) is 0 Å². The predicted molar refractivity (Wildman–Crippen MR) is 57.7 cm³/mol. The van der Waals surface area contributed by atoms with Gasteiger partial charge in [-0.15, -0.1) is 0 Å². The standard InChI is InChI=1S/C11H12N2O2/c14-6-5-13-11(15)9-2-1-8-3-4-12-10(8)7-9/h1-4,7,12,14H,5-6H2,(H,13,15). The summed E-state index contributed by atoms with van der Waals surface area (Å²) >= 11 is 0. The van der Waals surface area contributed by atoms with Crippen molar-refractivity contribution in [1.82, 2.24) is 10.3 Å². The second-order valence-electron chi connectivity index (χ2n) is 3.26. The van der Waals surface area contributed by atoms with E-state index >= 15 is 0 Å². The van der Waals surface area contributed by atoms with E-state index in [1.807, 2.05) is 18.3 Å². The molecule has 78 valence electrons. The minimum Gasteiger partial charge on any atom is -0.395 e. The van der Waals surface area contributed by atoms with Gasteiger partial charge in [-0.2, -0.15) is 0 Å². The van der Waals surface area contributed by atoms with Crippen molar-refractivity contribution in [2.75, 3.05) is 13.2 Å². The number of carbonyl (C=O) groups is 1. The molecule has 0 fully saturated rings. The van der Waals surface area contributed by atoms with Crippen LogP contribution < -0.4 is 5.32 Å². The summed E-state index contributed by atoms with van der Waals surface area (Å²) in [6.45, 7) is 0.234. The highest BCUT2D eigenvalue weighted by atomic mass is 16.3. The Hall–Kier alpha value is -1.81. The molecule has 1 aromatic heterocycles. The number of nitrogens with one attached hydrogen (secondary N) is 2. The fourth-order valence-electron chi connectivity index (χ4n) is 1.46. The number of carbonyl (C=O) groups excluding carboxylic acids is 1. The maximum Gasteiger partial charge on any atom is 0.251 e. The van der Waals surface area contributed by atoms with Crippen LogP contribution in [0.2, 0.25) is 0 Å². The molecule has 1 aromatic carbocycles. The summed E-state index contributed by atoms with van der Waals surface area (Å²) in [4.78, 5) is 14.6. The number of hydrogen-bond donors (Lipinski definition) is 3. The zero-order chi connectivity index (χ0) is 10.7. The van der Waals surface area contributed by atoms with Gasteiger partial charge in [-0.1, -0.05) is 6.07 Å². The third-order valence-electron chi connectivity index (χ3n) is 2.21. The van der Waals surface area contributed by atoms with Crippen LogP contribution in [-0.2, 0) is 0 Å². The second kappa shape index (κ2) is 4.14. The zero-order valence-electron chi connectivity index (χ0n) is 8.16. The molecule has 0 bridgehead atoms. The fourth-order valence-corrected chi connectivity index (χ4v) is 1.46. The number of aromatic nitrogens is 1. The molecular formula is C11H12N2O2. The summed E-state index contributed by atoms with van der Waals surface area (Å²) in [5, 5.41) is 12.3. The van der Waals surface area contributed by atoms with E-state index < -0.39 is 0 Å². The van der Waals surface area contributed by atoms with E-state index in [-0.39, 0.29) is 19.1 Å². The van der Waals surface area contributed by atoms with Gasteiger partial charge in [-0.05, 0) is 23.6 Å². The predicted octanol–water partition coefficient (Wildman–Crippen LogP) is 0.890. The summed E-state index contributed by atoms with van der Waals surface area (Å²) in [7, 11) is 0. The molecule has 0 aliphatic carbocycles. The van der Waals surface area contributed by atoms with E-state index in [2.05, 4.69) is 10.3 Å². The minimum atomic E-state index is -0.166. The minimum absolute atomic E-state index is 0.0452. The van der Waals surface area contributed by atoms with Crippen LogP contribution in [0.3, 0.4) is 0 Å². The Morgan fingerprint density at radius 1 is 1.40 bits per heavy atom. The van der Waals surface area contributed by atoms with E-state index in [1.165, 1.54) is 0 Å². The highest BCUT2D eigenvalue weighted by Crippen LogP contribution is 2.13. The molecule has 0 spiro atoms. The number of aromatic amines is 1. The Kier molecular flexibility index (Phi) is 2.69. The summed E-state index contributed by atoms with van der Waals surface area (Å²) in [5.74, 6) is -0.166. The molecule has 2 aromatic rings. The lowest BCUT2D eigenvalue weighted by Crippen LogP contribution is -2.26. The Balaban J connectivity index is 2.23. The van der Waals surface area contributed by atoms with Crippen LogP contribution >= 0.6 is 0 Å². The molecule has 0 radical (unpaired) electrons. The van der Waals surface area contributed by atoms with Crippen LogP contribution in [-0.4, -0.2) is 29.1 Å². The van der Waals surface area contributed by atoms with E-state index in [9.17, 15) is 4.79 Å². The third kappa shape index (κ3) is 1.99. The molecule has 1 heterocycles. The van der Waals surface area contributed by atoms with Crippen molar-refractivity contribution < 1.29 is 9.90 Å². The molecule has 0 saturated heterocycles. The van der Waals surface area contributed by atoms with E-state index in [0.717, 1.165) is 10.9 Å². The SMILES string of the molecule is O=C(NCCO)c1ccc2cc[nH]c2c1. The molecule has 2 rings (SSSR count). The number of benzene rings is 1. The van der Waals surface area contributed by atoms with Gasteiger partial charge >= 0.3 is 0 Å². The number of aliphatic hydroxyl groups is 1. The van der Waals surface area contributed by atoms with Gasteiger partial charge in [0, 0.05) is 23.8 Å². The number of fused-ring (bicyclic) bond motifs is 1. The molecule has 3 N–H and O–H groups in total. The molecule has 0 aliphatic heterocycles. The first kappa shape index (κ1) is 9.73. The van der Waals surface area contributed by atoms with Crippen molar-refractivity contribution in [2.45, 2.75) is 0 Å². The second-order valence-corrected chi connectivity index (χ2v) is 3.26. The molecule has 0 aliphatic rings. The summed E-state index contributed by atoms with van der Waals surface area (Å²) < 4.78 is 0. The van der Waals surface area contributed by atoms with Gasteiger partial charge in [-0.3, -0.25) is 4.79 Å². The Morgan fingerprint density at radius 3 is 3.07 bits per heavy atom. The van der Waals surface area contributed by atoms with Crippen LogP contribution in [0, 0.1) is 0 Å². The first-order chi connectivity index (χ1) is 7.31. The van der Waals surface area contributed by atoms with Crippen molar-refractivity contribution in [3.63, 3.8) is 0 Å². The lowest BCUT2D eigenvalue weighted by Gasteiger charge is -2.02. The fraction of sp³-hybridized carbons (Fsp3) is 0.182. The number of amides is 1. The Bertz CT molecular complexity index is 476. The first-order valence-electron chi connectivity index (χ1n) is 4.77. The van der Waals surface area contributed by atoms with Crippen molar-refractivity contribution in [3.8, 4) is 0 Å². The highest BCUT2D eigenvalue weighted by molar-refractivity contribution is 5.97. The molecule has 1 amide bonds. The summed E-state index contributed by atoms with van der Waals surface area (Å²) in [6.07, 6.45) is 1.83. The van der Waals surface area contributed by atoms with E-state index in [4.69, 9.17) is 5.11 Å². The zero-order valence-corrected chi connectivity index (χ0v) is 8.16. The lowest BCUT2D eigenvalue weighted by atomic mass is 10.1. The quantitative estimate of drug-likeness (QED) is 0.695. The van der Waals surface area contributed by atoms with Gasteiger partial charge in [0.25, 0.3) is 5.91 Å². The normalized spacial score (nSPS) is 10.5. The van der Waals surface area contributed by atoms with Crippen LogP contribution in [0.25, 0.3) is 10.9 Å². The number of hydrogen-bond acceptors (Lipinski definition) is 2. The van der Waals surface area contributed by atoms with Gasteiger partial charge in [-0.25, -0.2) is 0 Å². The van der Waals surface area contributed by atoms with Crippen LogP contribution in [0.15, 0.2) is 30.5 Å². The number of H-pyrrole nitrogens is 1. The third-order valence-corrected chi connectivity index (χ3v) is 2.21. The van der Waals surface area contributed by atoms with Crippen molar-refractivity contribution >= 4 is 16.8 Å². The van der Waals surface area contributed by atoms with Gasteiger partial charge in [0.05, 0.1) is 6.61 Å². The van der Waals surface area contributed by atoms with E-state index in [1.54, 1.807) is 12.1 Å². The Morgan fingerprint density at radius 2 is 2.27 bits per heavy atom. The monoisotopic (exact) mass is 204 g/mol. The summed E-state index contributed by atoms with van der Waals surface area (Å²) in [6, 6.07) is 7.40. The largest absolute Gasteiger partial charge is 0.395 e. The Labute approximate surface area is 86.9 Å². The van der Waals surface area contributed by atoms with Crippen LogP contribution in [0.1, 0.15) is 10.4 Å². The van der Waals surface area contributed by atoms with E-state index in [0.29, 0.717) is 5.56 Å². The van der Waals surface area contributed by atoms with Gasteiger partial charge in [0.15, 0.2) is 0 Å². The van der Waals surface area contributed by atoms with Gasteiger partial charge < -0.3 is 15.4 Å². The van der Waals surface area contributed by atoms with Crippen molar-refractivity contribution in [2.24, 2.45) is 0 Å². The molecule has 4 nitrogen and oxygen atoms in total. The average molecular weight is 204 g/mol. The first-order valence-corrected chi connectivity index (χ1v) is 4.77. The van der Waals surface area contributed by atoms with Crippen LogP contribution in [0.4, 0.5) is 0 Å². The average Bonchev–Trinajstić information content (AvgIpc) is 2.72. The maximum absolute atomic E-state index is 11.5. The highest BCUT2D eigenvalue weighted by Gasteiger charge is 2.05. The molecule has 0 saturated carbocycles. The molecule has 4 heteroatoms. The topological polar surface area (TPSA) is 65.1 Å². The van der Waals surface area contributed by atoms with Crippen LogP contribution in [0.5, 0.6) is 0 Å². The van der Waals surface area contributed by atoms with Gasteiger partial charge in [0.2, 0.25) is 0 Å². The molecule has 0 atom stereocenters. The summed E-state index contributed by atoms with van der Waals surface area (Å²) in [5.41, 5.74) is 1.53. The number of aliphatic hydroxyl groups excluding tert-OH is 1. The smallest absolute Gasteiger partial charge is 0.251 e. The number of rotatable bonds is 3. The van der Waals surface area contributed by atoms with Crippen molar-refractivity contribution in [1.29, 1.82) is 0 Å². The van der Waals surface area contributed by atoms with Crippen molar-refractivity contribution in [3.05, 3.63) is 36.0 Å². The lowest BCUT2D eigenvalue weighted by molar-refractivity contribution is 0.0945. The molecule has 0 unspecified atom stereocenters. The molecule has 15 heavy (non-hydrogen) atoms.